The summed E-state index contributed by atoms with van der Waals surface area (Å²) >= 11 is 10.7. The summed E-state index contributed by atoms with van der Waals surface area (Å²) in [5, 5.41) is 15.1. The van der Waals surface area contributed by atoms with Gasteiger partial charge in [0.2, 0.25) is 32.2 Å². The fourth-order valence-corrected chi connectivity index (χ4v) is 11.5. The number of ether oxygens (including phenoxy) is 6. The standard InChI is InChI=1S/C23H26N2O3.C16H13BrN2O3.C11H10O4.C7H13.C5H5BrN2.BrH.Zn/c26-22(23(11-12-23)17-9-10-19-20(14-17)28-15-27-19)25-21-8-4-7-18(24-21)13-16-5-2-1-3-6-16;17-13-2-1-3-14(18-13)19-15(20)16(6-7-16)10-4-5-11-12(8-10)22-9-21-11;12-10(13)11(3-4-11)7-1-2-8-9(5-7)15-6-14-8;1-7-5-3-2-4-6-7;6-4-2-1-3-5(7)8-4;;/h4,7-10,14,16H,1-3,5-6,11-13,15H2,(H,24,25,26);1-5,8H,6-7,9H2,(H,18,19,20);1-2,5H,3-4,6H2,(H,12,13);7H,1-6H2;1-3H,(H2,7,8);1H;/q;;;-1;;;+2/p-1. The summed E-state index contributed by atoms with van der Waals surface area (Å²) in [4.78, 5) is 49.7. The molecule has 3 aromatic carbocycles. The quantitative estimate of drug-likeness (QED) is 0.0570. The van der Waals surface area contributed by atoms with Gasteiger partial charge in [-0.05, 0) is 172 Å². The first-order valence-electron chi connectivity index (χ1n) is 27.9. The Bertz CT molecular complexity index is 3170. The second-order valence-corrected chi connectivity index (χ2v) is 23.2. The summed E-state index contributed by atoms with van der Waals surface area (Å²) in [6, 6.07) is 33.7. The van der Waals surface area contributed by atoms with Crippen molar-refractivity contribution < 1.29 is 64.3 Å². The number of carbonyl (C=O) groups is 3. The van der Waals surface area contributed by atoms with E-state index < -0.39 is 22.2 Å². The van der Waals surface area contributed by atoms with Crippen molar-refractivity contribution in [3.8, 4) is 34.5 Å². The van der Waals surface area contributed by atoms with Crippen molar-refractivity contribution in [1.29, 1.82) is 0 Å². The van der Waals surface area contributed by atoms with Crippen LogP contribution in [0, 0.1) is 18.8 Å². The number of aromatic nitrogens is 3. The van der Waals surface area contributed by atoms with Gasteiger partial charge >= 0.3 is 35.9 Å². The van der Waals surface area contributed by atoms with Gasteiger partial charge in [0, 0.05) is 5.69 Å². The van der Waals surface area contributed by atoms with Crippen LogP contribution in [0.1, 0.15) is 125 Å². The molecular weight excluding hydrogens is 1290 g/mol. The van der Waals surface area contributed by atoms with Crippen molar-refractivity contribution >= 4 is 80.7 Å². The molecule has 5 saturated carbocycles. The van der Waals surface area contributed by atoms with E-state index in [9.17, 15) is 14.4 Å². The maximum absolute atomic E-state index is 13.1. The fourth-order valence-electron chi connectivity index (χ4n) is 10.8. The zero-order valence-electron chi connectivity index (χ0n) is 45.8. The number of fused-ring (bicyclic) bond motifs is 3. The molecule has 16 nitrogen and oxygen atoms in total. The van der Waals surface area contributed by atoms with Gasteiger partial charge in [0.05, 0.1) is 16.2 Å². The maximum atomic E-state index is 13.1. The third kappa shape index (κ3) is 15.5. The molecule has 0 spiro atoms. The van der Waals surface area contributed by atoms with Gasteiger partial charge in [-0.2, -0.15) is 5.92 Å². The van der Waals surface area contributed by atoms with Crippen molar-refractivity contribution in [1.82, 2.24) is 15.0 Å². The molecule has 5 N–H and O–H groups in total. The van der Waals surface area contributed by atoms with Crippen LogP contribution >= 0.6 is 45.5 Å². The van der Waals surface area contributed by atoms with Crippen molar-refractivity contribution in [3.63, 3.8) is 0 Å². The van der Waals surface area contributed by atoms with Crippen molar-refractivity contribution in [3.05, 3.63) is 148 Å². The first-order valence-corrected chi connectivity index (χ1v) is 36.5. The number of aliphatic carboxylic acids is 1. The molecule has 0 unspecified atom stereocenters. The van der Waals surface area contributed by atoms with Crippen LogP contribution in [0.15, 0.2) is 118 Å². The van der Waals surface area contributed by atoms with E-state index in [1.165, 1.54) is 80.6 Å². The van der Waals surface area contributed by atoms with Gasteiger partial charge in [0.25, 0.3) is 0 Å². The Labute approximate surface area is 512 Å². The Morgan fingerprint density at radius 2 is 0.939 bits per heavy atom. The number of halogens is 3. The van der Waals surface area contributed by atoms with Crippen molar-refractivity contribution in [2.75, 3.05) is 36.7 Å². The zero-order chi connectivity index (χ0) is 57.7. The first-order chi connectivity index (χ1) is 39.8. The van der Waals surface area contributed by atoms with Gasteiger partial charge in [-0.25, -0.2) is 15.0 Å². The molecular formula is C62H67Br3N6O10Zn. The van der Waals surface area contributed by atoms with Gasteiger partial charge in [0.1, 0.15) is 26.7 Å². The second kappa shape index (κ2) is 28.2. The number of nitrogens with one attached hydrogen (secondary N) is 2. The van der Waals surface area contributed by atoms with E-state index in [1.807, 2.05) is 78.9 Å². The van der Waals surface area contributed by atoms with Crippen LogP contribution in [0.5, 0.6) is 34.5 Å². The molecule has 0 bridgehead atoms. The number of carboxylic acid groups (broad SMARTS) is 1. The van der Waals surface area contributed by atoms with E-state index in [4.69, 9.17) is 44.2 Å². The van der Waals surface area contributed by atoms with Crippen LogP contribution in [-0.2, 0) is 53.4 Å². The van der Waals surface area contributed by atoms with Gasteiger partial charge in [-0.1, -0.05) is 101 Å². The molecule has 6 aromatic rings. The fraction of sp³-hybridized carbons (Fsp3) is 0.403. The Morgan fingerprint density at radius 3 is 1.33 bits per heavy atom. The number of benzene rings is 3. The van der Waals surface area contributed by atoms with E-state index in [-0.39, 0.29) is 32.2 Å². The number of anilines is 3. The predicted octanol–water partition coefficient (Wildman–Crippen LogP) is 14.0. The van der Waals surface area contributed by atoms with Crippen LogP contribution in [0.3, 0.4) is 0 Å². The number of nitrogen functional groups attached to an aromatic ring is 1. The predicted molar refractivity (Wildman–Crippen MR) is 319 cm³/mol. The molecule has 6 heterocycles. The van der Waals surface area contributed by atoms with E-state index >= 15 is 0 Å². The van der Waals surface area contributed by atoms with Crippen molar-refractivity contribution in [2.45, 2.75) is 125 Å². The molecule has 3 aromatic heterocycles. The third-order valence-corrected chi connectivity index (χ3v) is 16.9. The number of nitrogens with two attached hydrogens (primary N) is 1. The monoisotopic (exact) mass is 1360 g/mol. The zero-order valence-corrected chi connectivity index (χ0v) is 53.5. The molecule has 14 rings (SSSR count). The molecule has 5 fully saturated rings. The van der Waals surface area contributed by atoms with E-state index in [2.05, 4.69) is 79.1 Å². The molecule has 82 heavy (non-hydrogen) atoms. The molecule has 0 atom stereocenters. The number of pyridine rings is 3. The van der Waals surface area contributed by atoms with Crippen LogP contribution in [0.2, 0.25) is 0 Å². The number of carboxylic acids is 1. The molecule has 8 aliphatic rings. The Hall–Kier alpha value is -5.82. The van der Waals surface area contributed by atoms with Gasteiger partial charge in [-0.15, -0.1) is 0 Å². The average molecular weight is 1360 g/mol. The normalized spacial score (nSPS) is 18.2. The third-order valence-electron chi connectivity index (χ3n) is 16.0. The minimum atomic E-state index is -0.749. The number of hydrogen-bond donors (Lipinski definition) is 4. The van der Waals surface area contributed by atoms with E-state index in [0.717, 1.165) is 88.2 Å². The molecule has 428 valence electrons. The molecule has 20 heteroatoms. The second-order valence-electron chi connectivity index (χ2n) is 21.6. The number of hydrogen-bond acceptors (Lipinski definition) is 13. The SMILES string of the molecule is Nc1cccc(Br)n1.O=C(Nc1cccc(Br)n1)C1(c2ccc3c(c2)OCO3)CC1.O=C(Nc1cccc(CC2CCCCC2)n1)C1(c2ccc3c(c2)OCO3)CC1.O=C(O)C1(c2ccc3c(c2)OCO3)CC1.[CH2-]C1CCCCC1.[Zn+][Br]. The summed E-state index contributed by atoms with van der Waals surface area (Å²) in [6.45, 7) is 4.70. The Morgan fingerprint density at radius 1 is 0.537 bits per heavy atom. The molecule has 0 saturated heterocycles. The Kier molecular flexibility index (Phi) is 20.9. The number of rotatable bonds is 10. The summed E-state index contributed by atoms with van der Waals surface area (Å²) in [5.41, 5.74) is 7.56. The number of amides is 2. The van der Waals surface area contributed by atoms with E-state index in [1.54, 1.807) is 24.3 Å². The summed E-state index contributed by atoms with van der Waals surface area (Å²) < 4.78 is 33.5. The van der Waals surface area contributed by atoms with Crippen LogP contribution in [-0.4, -0.2) is 58.2 Å². The molecule has 3 aliphatic heterocycles. The minimum absolute atomic E-state index is 0.0219. The number of nitrogens with zero attached hydrogens (tertiary/aromatic N) is 3. The van der Waals surface area contributed by atoms with Crippen molar-refractivity contribution in [2.24, 2.45) is 11.8 Å². The molecule has 2 amide bonds. The first kappa shape index (κ1) is 60.8. The number of carbonyl (C=O) groups excluding carboxylic acids is 2. The summed E-state index contributed by atoms with van der Waals surface area (Å²) in [6.07, 6.45) is 19.5. The molecule has 5 aliphatic carbocycles. The summed E-state index contributed by atoms with van der Waals surface area (Å²) in [7, 11) is 0. The topological polar surface area (TPSA) is 216 Å². The van der Waals surface area contributed by atoms with Gasteiger partial charge < -0.3 is 56.8 Å². The van der Waals surface area contributed by atoms with Gasteiger partial charge in [-0.3, -0.25) is 14.4 Å². The van der Waals surface area contributed by atoms with Crippen LogP contribution in [0.25, 0.3) is 0 Å². The summed E-state index contributed by atoms with van der Waals surface area (Å²) in [5.74, 6) is 6.76. The van der Waals surface area contributed by atoms with Crippen LogP contribution in [0.4, 0.5) is 17.5 Å². The van der Waals surface area contributed by atoms with Gasteiger partial charge in [0.15, 0.2) is 34.5 Å². The molecule has 0 radical (unpaired) electrons. The van der Waals surface area contributed by atoms with E-state index in [0.29, 0.717) is 52.1 Å². The van der Waals surface area contributed by atoms with Crippen LogP contribution < -0.4 is 44.8 Å². The Balaban J connectivity index is 0.000000133. The average Bonchev–Trinajstić information content (AvgIpc) is 4.64.